The zero-order chi connectivity index (χ0) is 20.3. The number of likely N-dealkylation sites (tertiary alicyclic amines) is 1. The summed E-state index contributed by atoms with van der Waals surface area (Å²) in [4.78, 5) is 25.4. The van der Waals surface area contributed by atoms with Gasteiger partial charge in [-0.05, 0) is 37.0 Å². The third-order valence-electron chi connectivity index (χ3n) is 5.48. The first-order valence-corrected chi connectivity index (χ1v) is 10.2. The van der Waals surface area contributed by atoms with Gasteiger partial charge in [0.15, 0.2) is 0 Å². The molecule has 0 atom stereocenters. The number of hydrogen-bond acceptors (Lipinski definition) is 6. The second-order valence-corrected chi connectivity index (χ2v) is 7.47. The first kappa shape index (κ1) is 18.5. The van der Waals surface area contributed by atoms with Gasteiger partial charge >= 0.3 is 6.03 Å². The van der Waals surface area contributed by atoms with E-state index < -0.39 is 0 Å². The SMILES string of the molecule is O=C(N1CC=C(c2cncc(-c3nnc(-c4ccccc4)o3)n2)CC1)N1CCCC1. The molecule has 0 spiro atoms. The van der Waals surface area contributed by atoms with Gasteiger partial charge in [0.05, 0.1) is 18.1 Å². The summed E-state index contributed by atoms with van der Waals surface area (Å²) in [6.07, 6.45) is 8.38. The second-order valence-electron chi connectivity index (χ2n) is 7.47. The van der Waals surface area contributed by atoms with Crippen LogP contribution in [0.15, 0.2) is 53.2 Å². The highest BCUT2D eigenvalue weighted by Crippen LogP contribution is 2.26. The van der Waals surface area contributed by atoms with Crippen LogP contribution in [0.2, 0.25) is 0 Å². The van der Waals surface area contributed by atoms with Crippen molar-refractivity contribution in [2.24, 2.45) is 0 Å². The third-order valence-corrected chi connectivity index (χ3v) is 5.48. The van der Waals surface area contributed by atoms with E-state index in [2.05, 4.69) is 26.2 Å². The van der Waals surface area contributed by atoms with E-state index in [1.807, 2.05) is 40.1 Å². The van der Waals surface area contributed by atoms with E-state index in [0.29, 0.717) is 30.6 Å². The average molecular weight is 402 g/mol. The van der Waals surface area contributed by atoms with E-state index in [0.717, 1.165) is 49.2 Å². The standard InChI is InChI=1S/C22H22N6O2/c29-22(27-10-4-5-11-27)28-12-8-16(9-13-28)18-14-23-15-19(24-18)21-26-25-20(30-21)17-6-2-1-3-7-17/h1-3,6-8,14-15H,4-5,9-13H2. The molecule has 0 N–H and O–H groups in total. The molecule has 4 heterocycles. The molecule has 30 heavy (non-hydrogen) atoms. The maximum Gasteiger partial charge on any atom is 0.320 e. The molecule has 1 aromatic carbocycles. The van der Waals surface area contributed by atoms with Crippen LogP contribution < -0.4 is 0 Å². The van der Waals surface area contributed by atoms with E-state index in [4.69, 9.17) is 4.42 Å². The van der Waals surface area contributed by atoms with Crippen LogP contribution in [0, 0.1) is 0 Å². The van der Waals surface area contributed by atoms with E-state index in [1.165, 1.54) is 0 Å². The van der Waals surface area contributed by atoms with Crippen LogP contribution in [0.3, 0.4) is 0 Å². The minimum Gasteiger partial charge on any atom is -0.415 e. The highest BCUT2D eigenvalue weighted by Gasteiger charge is 2.25. The lowest BCUT2D eigenvalue weighted by Gasteiger charge is -2.30. The highest BCUT2D eigenvalue weighted by atomic mass is 16.4. The van der Waals surface area contributed by atoms with Gasteiger partial charge in [0.1, 0.15) is 5.69 Å². The number of rotatable bonds is 3. The molecule has 0 radical (unpaired) electrons. The molecule has 0 aliphatic carbocycles. The van der Waals surface area contributed by atoms with Crippen molar-refractivity contribution in [1.29, 1.82) is 0 Å². The van der Waals surface area contributed by atoms with Crippen molar-refractivity contribution in [1.82, 2.24) is 30.0 Å². The zero-order valence-electron chi connectivity index (χ0n) is 16.6. The molecule has 2 aliphatic heterocycles. The van der Waals surface area contributed by atoms with Crippen molar-refractivity contribution < 1.29 is 9.21 Å². The first-order valence-electron chi connectivity index (χ1n) is 10.2. The number of urea groups is 1. The van der Waals surface area contributed by atoms with Gasteiger partial charge in [0.2, 0.25) is 5.89 Å². The smallest absolute Gasteiger partial charge is 0.320 e. The second kappa shape index (κ2) is 8.06. The Hall–Kier alpha value is -3.55. The maximum absolute atomic E-state index is 12.6. The predicted octanol–water partition coefficient (Wildman–Crippen LogP) is 3.50. The van der Waals surface area contributed by atoms with E-state index >= 15 is 0 Å². The molecule has 3 aromatic rings. The fourth-order valence-electron chi connectivity index (χ4n) is 3.83. The molecular weight excluding hydrogens is 380 g/mol. The molecule has 1 saturated heterocycles. The Morgan fingerprint density at radius 1 is 0.900 bits per heavy atom. The Morgan fingerprint density at radius 2 is 1.67 bits per heavy atom. The molecule has 2 aromatic heterocycles. The molecule has 0 unspecified atom stereocenters. The van der Waals surface area contributed by atoms with E-state index in [-0.39, 0.29) is 6.03 Å². The Morgan fingerprint density at radius 3 is 2.43 bits per heavy atom. The van der Waals surface area contributed by atoms with Crippen LogP contribution in [-0.4, -0.2) is 62.2 Å². The fraction of sp³-hybridized carbons (Fsp3) is 0.318. The number of carbonyl (C=O) groups is 1. The minimum absolute atomic E-state index is 0.141. The maximum atomic E-state index is 12.6. The number of benzene rings is 1. The zero-order valence-corrected chi connectivity index (χ0v) is 16.6. The van der Waals surface area contributed by atoms with Crippen molar-refractivity contribution in [2.45, 2.75) is 19.3 Å². The van der Waals surface area contributed by atoms with Crippen molar-refractivity contribution in [3.63, 3.8) is 0 Å². The summed E-state index contributed by atoms with van der Waals surface area (Å²) in [5.74, 6) is 0.788. The molecular formula is C22H22N6O2. The topological polar surface area (TPSA) is 88.2 Å². The van der Waals surface area contributed by atoms with Crippen molar-refractivity contribution in [3.8, 4) is 23.0 Å². The lowest BCUT2D eigenvalue weighted by Crippen LogP contribution is -2.43. The Kier molecular flexibility index (Phi) is 4.96. The normalized spacial score (nSPS) is 16.6. The molecule has 0 saturated carbocycles. The molecule has 2 amide bonds. The summed E-state index contributed by atoms with van der Waals surface area (Å²) in [6, 6.07) is 9.76. The highest BCUT2D eigenvalue weighted by molar-refractivity contribution is 5.77. The van der Waals surface area contributed by atoms with Gasteiger partial charge in [-0.15, -0.1) is 10.2 Å². The summed E-state index contributed by atoms with van der Waals surface area (Å²) in [5.41, 5.74) is 3.26. The molecule has 8 nitrogen and oxygen atoms in total. The largest absolute Gasteiger partial charge is 0.415 e. The molecule has 1 fully saturated rings. The molecule has 0 bridgehead atoms. The summed E-state index contributed by atoms with van der Waals surface area (Å²) in [6.45, 7) is 3.02. The van der Waals surface area contributed by atoms with Gasteiger partial charge < -0.3 is 14.2 Å². The van der Waals surface area contributed by atoms with Gasteiger partial charge in [-0.3, -0.25) is 4.98 Å². The number of amides is 2. The van der Waals surface area contributed by atoms with Crippen molar-refractivity contribution >= 4 is 11.6 Å². The van der Waals surface area contributed by atoms with Gasteiger partial charge in [-0.1, -0.05) is 24.3 Å². The van der Waals surface area contributed by atoms with E-state index in [9.17, 15) is 4.79 Å². The van der Waals surface area contributed by atoms with Crippen molar-refractivity contribution in [3.05, 3.63) is 54.5 Å². The van der Waals surface area contributed by atoms with Gasteiger partial charge in [-0.2, -0.15) is 0 Å². The number of carbonyl (C=O) groups excluding carboxylic acids is 1. The van der Waals surface area contributed by atoms with Crippen LogP contribution in [0.1, 0.15) is 25.0 Å². The molecule has 2 aliphatic rings. The van der Waals surface area contributed by atoms with Crippen molar-refractivity contribution in [2.75, 3.05) is 26.2 Å². The van der Waals surface area contributed by atoms with Crippen LogP contribution in [0.25, 0.3) is 28.6 Å². The monoisotopic (exact) mass is 402 g/mol. The Bertz CT molecular complexity index is 1070. The van der Waals surface area contributed by atoms with Gasteiger partial charge in [-0.25, -0.2) is 9.78 Å². The van der Waals surface area contributed by atoms with E-state index in [1.54, 1.807) is 12.4 Å². The lowest BCUT2D eigenvalue weighted by molar-refractivity contribution is 0.167. The minimum atomic E-state index is 0.141. The van der Waals surface area contributed by atoms with Gasteiger partial charge in [0.25, 0.3) is 5.89 Å². The summed E-state index contributed by atoms with van der Waals surface area (Å²) < 4.78 is 5.80. The fourth-order valence-corrected chi connectivity index (χ4v) is 3.83. The van der Waals surface area contributed by atoms with Crippen LogP contribution >= 0.6 is 0 Å². The number of nitrogens with zero attached hydrogens (tertiary/aromatic N) is 6. The quantitative estimate of drug-likeness (QED) is 0.666. The summed E-state index contributed by atoms with van der Waals surface area (Å²) >= 11 is 0. The summed E-state index contributed by atoms with van der Waals surface area (Å²) in [7, 11) is 0. The van der Waals surface area contributed by atoms with Crippen LogP contribution in [0.4, 0.5) is 4.79 Å². The third kappa shape index (κ3) is 3.68. The Labute approximate surface area is 174 Å². The van der Waals surface area contributed by atoms with Crippen LogP contribution in [0.5, 0.6) is 0 Å². The van der Waals surface area contributed by atoms with Crippen LogP contribution in [-0.2, 0) is 0 Å². The predicted molar refractivity (Wildman–Crippen MR) is 111 cm³/mol. The molecule has 5 rings (SSSR count). The Balaban J connectivity index is 1.32. The average Bonchev–Trinajstić information content (AvgIpc) is 3.52. The lowest BCUT2D eigenvalue weighted by atomic mass is 10.1. The first-order chi connectivity index (χ1) is 14.8. The number of aromatic nitrogens is 4. The molecule has 152 valence electrons. The number of hydrogen-bond donors (Lipinski definition) is 0. The summed E-state index contributed by atoms with van der Waals surface area (Å²) in [5, 5.41) is 8.26. The van der Waals surface area contributed by atoms with Gasteiger partial charge in [0, 0.05) is 31.7 Å². The molecule has 8 heteroatoms.